The van der Waals surface area contributed by atoms with Crippen LogP contribution in [0.1, 0.15) is 58.6 Å². The Morgan fingerprint density at radius 1 is 1.12 bits per heavy atom. The van der Waals surface area contributed by atoms with Crippen molar-refractivity contribution in [3.63, 3.8) is 0 Å². The Kier molecular flexibility index (Phi) is 6.85. The van der Waals surface area contributed by atoms with Crippen LogP contribution in [0.5, 0.6) is 0 Å². The van der Waals surface area contributed by atoms with Crippen molar-refractivity contribution in [1.29, 1.82) is 0 Å². The molecule has 0 bridgehead atoms. The first-order valence-electron chi connectivity index (χ1n) is 9.34. The van der Waals surface area contributed by atoms with Crippen molar-refractivity contribution < 1.29 is 9.59 Å². The van der Waals surface area contributed by atoms with Crippen molar-refractivity contribution in [1.82, 2.24) is 15.5 Å². The predicted octanol–water partition coefficient (Wildman–Crippen LogP) is 3.47. The van der Waals surface area contributed by atoms with Crippen LogP contribution < -0.4 is 10.6 Å². The van der Waals surface area contributed by atoms with Gasteiger partial charge in [-0.2, -0.15) is 0 Å². The number of benzene rings is 1. The Bertz CT molecular complexity index is 574. The largest absolute Gasteiger partial charge is 0.353 e. The first kappa shape index (κ1) is 19.3. The van der Waals surface area contributed by atoms with Crippen molar-refractivity contribution in [2.45, 2.75) is 65.1 Å². The lowest BCUT2D eigenvalue weighted by molar-refractivity contribution is -0.127. The second-order valence-corrected chi connectivity index (χ2v) is 7.28. The van der Waals surface area contributed by atoms with Gasteiger partial charge in [0, 0.05) is 18.6 Å². The number of hydrogen-bond donors (Lipinski definition) is 2. The Morgan fingerprint density at radius 2 is 1.80 bits per heavy atom. The van der Waals surface area contributed by atoms with E-state index in [1.165, 1.54) is 0 Å². The number of rotatable bonds is 5. The molecule has 1 saturated heterocycles. The van der Waals surface area contributed by atoms with Gasteiger partial charge in [-0.05, 0) is 45.6 Å². The van der Waals surface area contributed by atoms with Crippen LogP contribution in [0, 0.1) is 5.92 Å². The lowest BCUT2D eigenvalue weighted by Crippen LogP contribution is -2.52. The molecule has 1 aliphatic heterocycles. The van der Waals surface area contributed by atoms with Crippen LogP contribution >= 0.6 is 0 Å². The molecule has 5 nitrogen and oxygen atoms in total. The normalized spacial score (nSPS) is 21.7. The molecule has 0 spiro atoms. The maximum absolute atomic E-state index is 12.7. The second-order valence-electron chi connectivity index (χ2n) is 7.28. The molecule has 1 aromatic rings. The molecule has 3 amide bonds. The van der Waals surface area contributed by atoms with E-state index in [9.17, 15) is 9.59 Å². The number of nitrogens with one attached hydrogen (secondary N) is 2. The SMILES string of the molecule is CCC(C)NC(=O)C1CCC(c2ccccc2)N(C(=O)NC(C)C)C1. The lowest BCUT2D eigenvalue weighted by Gasteiger charge is -2.40. The van der Waals surface area contributed by atoms with Gasteiger partial charge in [-0.3, -0.25) is 4.79 Å². The number of piperidine rings is 1. The van der Waals surface area contributed by atoms with Gasteiger partial charge in [-0.25, -0.2) is 4.79 Å². The summed E-state index contributed by atoms with van der Waals surface area (Å²) in [7, 11) is 0. The van der Waals surface area contributed by atoms with E-state index in [4.69, 9.17) is 0 Å². The molecule has 3 atom stereocenters. The second kappa shape index (κ2) is 8.88. The van der Waals surface area contributed by atoms with Crippen molar-refractivity contribution in [2.75, 3.05) is 6.54 Å². The summed E-state index contributed by atoms with van der Waals surface area (Å²) < 4.78 is 0. The van der Waals surface area contributed by atoms with E-state index in [0.717, 1.165) is 24.8 Å². The molecule has 0 radical (unpaired) electrons. The summed E-state index contributed by atoms with van der Waals surface area (Å²) in [4.78, 5) is 27.1. The Hall–Kier alpha value is -2.04. The molecule has 2 rings (SSSR count). The van der Waals surface area contributed by atoms with E-state index in [1.807, 2.05) is 43.9 Å². The summed E-state index contributed by atoms with van der Waals surface area (Å²) in [5.74, 6) is -0.0879. The number of carbonyl (C=O) groups is 2. The highest BCUT2D eigenvalue weighted by Gasteiger charge is 2.35. The van der Waals surface area contributed by atoms with E-state index in [0.29, 0.717) is 6.54 Å². The fourth-order valence-electron chi connectivity index (χ4n) is 3.22. The van der Waals surface area contributed by atoms with Gasteiger partial charge in [0.2, 0.25) is 5.91 Å². The smallest absolute Gasteiger partial charge is 0.318 e. The molecule has 1 aliphatic rings. The molecule has 0 aliphatic carbocycles. The van der Waals surface area contributed by atoms with Gasteiger partial charge in [0.05, 0.1) is 12.0 Å². The molecule has 1 aromatic carbocycles. The highest BCUT2D eigenvalue weighted by molar-refractivity contribution is 5.81. The third-order valence-electron chi connectivity index (χ3n) is 4.81. The molecule has 25 heavy (non-hydrogen) atoms. The predicted molar refractivity (Wildman–Crippen MR) is 100 cm³/mol. The maximum atomic E-state index is 12.7. The van der Waals surface area contributed by atoms with Crippen LogP contribution in [0.2, 0.25) is 0 Å². The minimum Gasteiger partial charge on any atom is -0.353 e. The third-order valence-corrected chi connectivity index (χ3v) is 4.81. The zero-order valence-corrected chi connectivity index (χ0v) is 15.8. The van der Waals surface area contributed by atoms with Gasteiger partial charge < -0.3 is 15.5 Å². The van der Waals surface area contributed by atoms with Crippen molar-refractivity contribution >= 4 is 11.9 Å². The van der Waals surface area contributed by atoms with Crippen LogP contribution in [0.4, 0.5) is 4.79 Å². The summed E-state index contributed by atoms with van der Waals surface area (Å²) in [5.41, 5.74) is 1.13. The highest BCUT2D eigenvalue weighted by atomic mass is 16.2. The Morgan fingerprint density at radius 3 is 2.40 bits per heavy atom. The Balaban J connectivity index is 2.15. The van der Waals surface area contributed by atoms with E-state index in [2.05, 4.69) is 29.7 Å². The van der Waals surface area contributed by atoms with E-state index in [-0.39, 0.29) is 36.0 Å². The Labute approximate surface area is 151 Å². The summed E-state index contributed by atoms with van der Waals surface area (Å²) in [6, 6.07) is 10.2. The fourth-order valence-corrected chi connectivity index (χ4v) is 3.22. The van der Waals surface area contributed by atoms with E-state index >= 15 is 0 Å². The number of nitrogens with zero attached hydrogens (tertiary/aromatic N) is 1. The first-order valence-corrected chi connectivity index (χ1v) is 9.34. The van der Waals surface area contributed by atoms with Crippen LogP contribution in [0.3, 0.4) is 0 Å². The average molecular weight is 345 g/mol. The number of urea groups is 1. The van der Waals surface area contributed by atoms with Gasteiger partial charge in [-0.1, -0.05) is 37.3 Å². The minimum atomic E-state index is -0.146. The molecule has 5 heteroatoms. The van der Waals surface area contributed by atoms with Crippen LogP contribution in [-0.4, -0.2) is 35.5 Å². The molecule has 0 saturated carbocycles. The summed E-state index contributed by atoms with van der Waals surface area (Å²) >= 11 is 0. The molecular formula is C20H31N3O2. The van der Waals surface area contributed by atoms with Gasteiger partial charge in [0.15, 0.2) is 0 Å². The number of hydrogen-bond acceptors (Lipinski definition) is 2. The monoisotopic (exact) mass is 345 g/mol. The van der Waals surface area contributed by atoms with Crippen molar-refractivity contribution in [2.24, 2.45) is 5.92 Å². The summed E-state index contributed by atoms with van der Waals surface area (Å²) in [6.45, 7) is 8.43. The lowest BCUT2D eigenvalue weighted by atomic mass is 9.88. The molecule has 0 aromatic heterocycles. The van der Waals surface area contributed by atoms with Crippen LogP contribution in [0.25, 0.3) is 0 Å². The van der Waals surface area contributed by atoms with Crippen LogP contribution in [-0.2, 0) is 4.79 Å². The van der Waals surface area contributed by atoms with Gasteiger partial charge in [0.25, 0.3) is 0 Å². The highest BCUT2D eigenvalue weighted by Crippen LogP contribution is 2.33. The number of amides is 3. The third kappa shape index (κ3) is 5.21. The molecular weight excluding hydrogens is 314 g/mol. The molecule has 138 valence electrons. The summed E-state index contributed by atoms with van der Waals surface area (Å²) in [5, 5.41) is 6.04. The van der Waals surface area contributed by atoms with Gasteiger partial charge in [-0.15, -0.1) is 0 Å². The summed E-state index contributed by atoms with van der Waals surface area (Å²) in [6.07, 6.45) is 2.50. The molecule has 2 N–H and O–H groups in total. The number of likely N-dealkylation sites (tertiary alicyclic amines) is 1. The zero-order chi connectivity index (χ0) is 18.4. The standard InChI is InChI=1S/C20H31N3O2/c1-5-15(4)22-19(24)17-11-12-18(16-9-7-6-8-10-16)23(13-17)20(25)21-14(2)3/h6-10,14-15,17-18H,5,11-13H2,1-4H3,(H,21,25)(H,22,24). The van der Waals surface area contributed by atoms with Gasteiger partial charge in [0.1, 0.15) is 0 Å². The molecule has 1 heterocycles. The van der Waals surface area contributed by atoms with E-state index in [1.54, 1.807) is 0 Å². The van der Waals surface area contributed by atoms with Crippen LogP contribution in [0.15, 0.2) is 30.3 Å². The minimum absolute atomic E-state index is 0.0209. The zero-order valence-electron chi connectivity index (χ0n) is 15.8. The fraction of sp³-hybridized carbons (Fsp3) is 0.600. The van der Waals surface area contributed by atoms with E-state index < -0.39 is 0 Å². The maximum Gasteiger partial charge on any atom is 0.318 e. The van der Waals surface area contributed by atoms with Gasteiger partial charge >= 0.3 is 6.03 Å². The molecule has 1 fully saturated rings. The quantitative estimate of drug-likeness (QED) is 0.858. The van der Waals surface area contributed by atoms with Crippen molar-refractivity contribution in [3.05, 3.63) is 35.9 Å². The molecule has 3 unspecified atom stereocenters. The first-order chi connectivity index (χ1) is 11.9. The average Bonchev–Trinajstić information content (AvgIpc) is 2.61. The van der Waals surface area contributed by atoms with Crippen molar-refractivity contribution in [3.8, 4) is 0 Å². The number of carbonyl (C=O) groups excluding carboxylic acids is 2. The topological polar surface area (TPSA) is 61.4 Å².